The van der Waals surface area contributed by atoms with Gasteiger partial charge < -0.3 is 9.63 Å². The first-order valence-electron chi connectivity index (χ1n) is 5.31. The molecule has 1 aliphatic carbocycles. The maximum Gasteiger partial charge on any atom is 0.167 e. The van der Waals surface area contributed by atoms with Gasteiger partial charge in [0, 0.05) is 10.8 Å². The number of nitrogens with zero attached hydrogens (tertiary/aromatic N) is 1. The maximum absolute atomic E-state index is 9.49. The number of aliphatic hydroxyl groups excluding tert-OH is 1. The molecule has 1 saturated carbocycles. The Bertz CT molecular complexity index is 480. The van der Waals surface area contributed by atoms with E-state index in [1.165, 1.54) is 6.42 Å². The normalized spacial score (nSPS) is 19.0. The van der Waals surface area contributed by atoms with Gasteiger partial charge in [0.25, 0.3) is 0 Å². The topological polar surface area (TPSA) is 46.3 Å². The van der Waals surface area contributed by atoms with Crippen molar-refractivity contribution in [3.05, 3.63) is 30.0 Å². The van der Waals surface area contributed by atoms with E-state index in [1.807, 2.05) is 24.3 Å². The Hall–Kier alpha value is -1.35. The molecule has 0 saturated heterocycles. The number of aliphatic hydroxyl groups is 1. The van der Waals surface area contributed by atoms with E-state index in [1.54, 1.807) is 0 Å². The van der Waals surface area contributed by atoms with Crippen LogP contribution < -0.4 is 0 Å². The summed E-state index contributed by atoms with van der Waals surface area (Å²) in [5, 5.41) is 14.7. The van der Waals surface area contributed by atoms with Gasteiger partial charge in [-0.05, 0) is 25.0 Å². The Kier molecular flexibility index (Phi) is 1.83. The SMILES string of the molecule is OCC1(c2noc3ccccc23)CCC1. The first-order valence-corrected chi connectivity index (χ1v) is 5.31. The molecule has 78 valence electrons. The molecule has 0 bridgehead atoms. The molecule has 3 rings (SSSR count). The smallest absolute Gasteiger partial charge is 0.167 e. The summed E-state index contributed by atoms with van der Waals surface area (Å²) in [6, 6.07) is 7.84. The van der Waals surface area contributed by atoms with Crippen molar-refractivity contribution in [2.24, 2.45) is 0 Å². The molecule has 0 amide bonds. The van der Waals surface area contributed by atoms with Crippen molar-refractivity contribution in [2.45, 2.75) is 24.7 Å². The van der Waals surface area contributed by atoms with Crippen LogP contribution >= 0.6 is 0 Å². The van der Waals surface area contributed by atoms with Crippen LogP contribution in [0.25, 0.3) is 11.0 Å². The van der Waals surface area contributed by atoms with E-state index in [9.17, 15) is 5.11 Å². The third-order valence-corrected chi connectivity index (χ3v) is 3.49. The van der Waals surface area contributed by atoms with Gasteiger partial charge in [-0.1, -0.05) is 23.7 Å². The fourth-order valence-electron chi connectivity index (χ4n) is 2.34. The monoisotopic (exact) mass is 203 g/mol. The number of rotatable bonds is 2. The average Bonchev–Trinajstić information content (AvgIpc) is 2.62. The zero-order valence-corrected chi connectivity index (χ0v) is 8.44. The van der Waals surface area contributed by atoms with Crippen LogP contribution in [0.2, 0.25) is 0 Å². The second-order valence-electron chi connectivity index (χ2n) is 4.32. The van der Waals surface area contributed by atoms with Crippen LogP contribution in [0.1, 0.15) is 25.0 Å². The summed E-state index contributed by atoms with van der Waals surface area (Å²) in [5.41, 5.74) is 1.62. The van der Waals surface area contributed by atoms with Crippen molar-refractivity contribution in [3.8, 4) is 0 Å². The predicted octanol–water partition coefficient (Wildman–Crippen LogP) is 2.24. The molecule has 3 nitrogen and oxygen atoms in total. The third kappa shape index (κ3) is 1.13. The van der Waals surface area contributed by atoms with Crippen molar-refractivity contribution in [2.75, 3.05) is 6.61 Å². The van der Waals surface area contributed by atoms with E-state index in [4.69, 9.17) is 4.52 Å². The Morgan fingerprint density at radius 3 is 2.80 bits per heavy atom. The summed E-state index contributed by atoms with van der Waals surface area (Å²) in [6.45, 7) is 0.170. The molecule has 1 heterocycles. The highest BCUT2D eigenvalue weighted by atomic mass is 16.5. The number of aromatic nitrogens is 1. The van der Waals surface area contributed by atoms with Gasteiger partial charge in [-0.2, -0.15) is 0 Å². The van der Waals surface area contributed by atoms with Crippen LogP contribution in [0.3, 0.4) is 0 Å². The molecule has 0 spiro atoms. The zero-order chi connectivity index (χ0) is 10.3. The summed E-state index contributed by atoms with van der Waals surface area (Å²) >= 11 is 0. The van der Waals surface area contributed by atoms with Crippen LogP contribution in [0.5, 0.6) is 0 Å². The standard InChI is InChI=1S/C12H13NO2/c14-8-12(6-3-7-12)11-9-4-1-2-5-10(9)15-13-11/h1-2,4-5,14H,3,6-8H2. The summed E-state index contributed by atoms with van der Waals surface area (Å²) in [5.74, 6) is 0. The molecule has 1 aromatic carbocycles. The lowest BCUT2D eigenvalue weighted by Gasteiger charge is -2.38. The fraction of sp³-hybridized carbons (Fsp3) is 0.417. The van der Waals surface area contributed by atoms with Gasteiger partial charge in [0.15, 0.2) is 5.58 Å². The van der Waals surface area contributed by atoms with E-state index in [-0.39, 0.29) is 12.0 Å². The fourth-order valence-corrected chi connectivity index (χ4v) is 2.34. The first-order chi connectivity index (χ1) is 7.36. The lowest BCUT2D eigenvalue weighted by atomic mass is 9.66. The van der Waals surface area contributed by atoms with Gasteiger partial charge in [0.1, 0.15) is 0 Å². The minimum Gasteiger partial charge on any atom is -0.395 e. The van der Waals surface area contributed by atoms with Crippen molar-refractivity contribution in [1.82, 2.24) is 5.16 Å². The molecule has 3 heteroatoms. The maximum atomic E-state index is 9.49. The third-order valence-electron chi connectivity index (χ3n) is 3.49. The molecule has 1 aliphatic rings. The lowest BCUT2D eigenvalue weighted by Crippen LogP contribution is -2.38. The minimum absolute atomic E-state index is 0.132. The van der Waals surface area contributed by atoms with Crippen molar-refractivity contribution >= 4 is 11.0 Å². The van der Waals surface area contributed by atoms with Gasteiger partial charge in [-0.25, -0.2) is 0 Å². The van der Waals surface area contributed by atoms with Crippen LogP contribution in [0, 0.1) is 0 Å². The minimum atomic E-state index is -0.132. The molecule has 0 aliphatic heterocycles. The second kappa shape index (κ2) is 3.07. The summed E-state index contributed by atoms with van der Waals surface area (Å²) in [4.78, 5) is 0. The van der Waals surface area contributed by atoms with E-state index < -0.39 is 0 Å². The van der Waals surface area contributed by atoms with Crippen LogP contribution in [0.15, 0.2) is 28.8 Å². The highest BCUT2D eigenvalue weighted by Gasteiger charge is 2.41. The first kappa shape index (κ1) is 8.92. The molecule has 2 aromatic rings. The molecule has 1 N–H and O–H groups in total. The Balaban J connectivity index is 2.18. The average molecular weight is 203 g/mol. The number of para-hydroxylation sites is 1. The highest BCUT2D eigenvalue weighted by molar-refractivity contribution is 5.80. The second-order valence-corrected chi connectivity index (χ2v) is 4.32. The van der Waals surface area contributed by atoms with Gasteiger partial charge >= 0.3 is 0 Å². The van der Waals surface area contributed by atoms with Gasteiger partial charge in [-0.15, -0.1) is 0 Å². The van der Waals surface area contributed by atoms with Crippen molar-refractivity contribution < 1.29 is 9.63 Å². The predicted molar refractivity (Wildman–Crippen MR) is 56.6 cm³/mol. The van der Waals surface area contributed by atoms with Crippen LogP contribution in [-0.2, 0) is 5.41 Å². The van der Waals surface area contributed by atoms with E-state index >= 15 is 0 Å². The van der Waals surface area contributed by atoms with Crippen molar-refractivity contribution in [3.63, 3.8) is 0 Å². The number of hydrogen-bond acceptors (Lipinski definition) is 3. The van der Waals surface area contributed by atoms with E-state index in [0.717, 1.165) is 29.5 Å². The highest BCUT2D eigenvalue weighted by Crippen LogP contribution is 2.45. The quantitative estimate of drug-likeness (QED) is 0.814. The number of benzene rings is 1. The largest absolute Gasteiger partial charge is 0.395 e. The van der Waals surface area contributed by atoms with E-state index in [2.05, 4.69) is 5.16 Å². The van der Waals surface area contributed by atoms with Crippen molar-refractivity contribution in [1.29, 1.82) is 0 Å². The summed E-state index contributed by atoms with van der Waals surface area (Å²) in [6.07, 6.45) is 3.20. The molecule has 0 unspecified atom stereocenters. The molecular formula is C12H13NO2. The van der Waals surface area contributed by atoms with Crippen LogP contribution in [0.4, 0.5) is 0 Å². The lowest BCUT2D eigenvalue weighted by molar-refractivity contribution is 0.114. The van der Waals surface area contributed by atoms with Gasteiger partial charge in [0.05, 0.1) is 12.3 Å². The summed E-state index contributed by atoms with van der Waals surface area (Å²) < 4.78 is 5.27. The Morgan fingerprint density at radius 2 is 2.13 bits per heavy atom. The molecule has 1 aromatic heterocycles. The molecule has 1 fully saturated rings. The Labute approximate surface area is 87.7 Å². The summed E-state index contributed by atoms with van der Waals surface area (Å²) in [7, 11) is 0. The number of hydrogen-bond donors (Lipinski definition) is 1. The number of fused-ring (bicyclic) bond motifs is 1. The molecule has 0 atom stereocenters. The molecule has 15 heavy (non-hydrogen) atoms. The van der Waals surface area contributed by atoms with Gasteiger partial charge in [0.2, 0.25) is 0 Å². The Morgan fingerprint density at radius 1 is 1.33 bits per heavy atom. The zero-order valence-electron chi connectivity index (χ0n) is 8.44. The molecule has 0 radical (unpaired) electrons. The van der Waals surface area contributed by atoms with Gasteiger partial charge in [-0.3, -0.25) is 0 Å². The molecular weight excluding hydrogens is 190 g/mol. The van der Waals surface area contributed by atoms with Crippen LogP contribution in [-0.4, -0.2) is 16.9 Å². The van der Waals surface area contributed by atoms with E-state index in [0.29, 0.717) is 0 Å².